The molecule has 0 aliphatic carbocycles. The van der Waals surface area contributed by atoms with Gasteiger partial charge >= 0.3 is 0 Å². The van der Waals surface area contributed by atoms with Gasteiger partial charge in [-0.25, -0.2) is 9.67 Å². The fourth-order valence-corrected chi connectivity index (χ4v) is 4.08. The monoisotopic (exact) mass is 424 g/mol. The van der Waals surface area contributed by atoms with Crippen molar-refractivity contribution in [2.45, 2.75) is 13.8 Å². The summed E-state index contributed by atoms with van der Waals surface area (Å²) in [6, 6.07) is 21.9. The van der Waals surface area contributed by atoms with Crippen molar-refractivity contribution in [3.8, 4) is 11.5 Å². The second-order valence-corrected chi connectivity index (χ2v) is 8.08. The van der Waals surface area contributed by atoms with Crippen LogP contribution in [0, 0.1) is 13.8 Å². The van der Waals surface area contributed by atoms with Crippen LogP contribution in [0.1, 0.15) is 16.8 Å². The second-order valence-electron chi connectivity index (χ2n) is 7.24. The third-order valence-electron chi connectivity index (χ3n) is 5.07. The molecule has 0 radical (unpaired) electrons. The fraction of sp³-hybridized carbons (Fsp3) is 0.0800. The number of aromatic nitrogens is 2. The van der Waals surface area contributed by atoms with E-state index in [4.69, 9.17) is 14.5 Å². The Morgan fingerprint density at radius 1 is 0.968 bits per heavy atom. The van der Waals surface area contributed by atoms with E-state index in [1.54, 1.807) is 12.4 Å². The van der Waals surface area contributed by atoms with Gasteiger partial charge < -0.3 is 4.42 Å². The number of benzene rings is 2. The molecule has 0 aliphatic heterocycles. The van der Waals surface area contributed by atoms with E-state index < -0.39 is 0 Å². The SMILES string of the molecule is Cc1ccc(N=c2scc(-c3cc4ccccc4o3)n2N=Cc2ccccn2)cc1C. The summed E-state index contributed by atoms with van der Waals surface area (Å²) < 4.78 is 7.91. The Balaban J connectivity index is 1.66. The summed E-state index contributed by atoms with van der Waals surface area (Å²) >= 11 is 1.52. The first-order chi connectivity index (χ1) is 15.2. The summed E-state index contributed by atoms with van der Waals surface area (Å²) in [5.74, 6) is 0.747. The Hall–Kier alpha value is -3.77. The Morgan fingerprint density at radius 3 is 2.65 bits per heavy atom. The molecule has 5 nitrogen and oxygen atoms in total. The van der Waals surface area contributed by atoms with Crippen LogP contribution in [-0.4, -0.2) is 15.9 Å². The molecule has 0 N–H and O–H groups in total. The molecule has 0 saturated carbocycles. The molecule has 3 heterocycles. The molecule has 0 unspecified atom stereocenters. The largest absolute Gasteiger partial charge is 0.454 e. The number of aryl methyl sites for hydroxylation is 2. The Bertz CT molecular complexity index is 1420. The lowest BCUT2D eigenvalue weighted by Crippen LogP contribution is -2.11. The summed E-state index contributed by atoms with van der Waals surface area (Å²) in [5.41, 5.74) is 5.80. The van der Waals surface area contributed by atoms with Gasteiger partial charge in [-0.15, -0.1) is 11.3 Å². The molecular weight excluding hydrogens is 404 g/mol. The van der Waals surface area contributed by atoms with Crippen LogP contribution in [0.25, 0.3) is 22.4 Å². The molecule has 5 rings (SSSR count). The van der Waals surface area contributed by atoms with E-state index in [9.17, 15) is 0 Å². The molecule has 152 valence electrons. The lowest BCUT2D eigenvalue weighted by molar-refractivity contribution is 0.622. The first-order valence-corrected chi connectivity index (χ1v) is 10.8. The average molecular weight is 425 g/mol. The molecule has 3 aromatic heterocycles. The summed E-state index contributed by atoms with van der Waals surface area (Å²) in [5, 5.41) is 7.78. The smallest absolute Gasteiger partial charge is 0.211 e. The molecule has 0 fully saturated rings. The number of furan rings is 1. The average Bonchev–Trinajstić information content (AvgIpc) is 3.39. The van der Waals surface area contributed by atoms with Crippen molar-refractivity contribution in [2.24, 2.45) is 10.1 Å². The van der Waals surface area contributed by atoms with E-state index in [-0.39, 0.29) is 0 Å². The van der Waals surface area contributed by atoms with Gasteiger partial charge in [0.1, 0.15) is 11.3 Å². The van der Waals surface area contributed by atoms with Crippen LogP contribution in [0.3, 0.4) is 0 Å². The van der Waals surface area contributed by atoms with Gasteiger partial charge in [0.15, 0.2) is 5.76 Å². The van der Waals surface area contributed by atoms with Crippen LogP contribution in [0.2, 0.25) is 0 Å². The number of pyridine rings is 1. The van der Waals surface area contributed by atoms with Crippen LogP contribution in [0.15, 0.2) is 92.8 Å². The van der Waals surface area contributed by atoms with Gasteiger partial charge in [0.25, 0.3) is 0 Å². The Labute approximate surface area is 183 Å². The Morgan fingerprint density at radius 2 is 1.84 bits per heavy atom. The molecule has 0 saturated heterocycles. The first kappa shape index (κ1) is 19.2. The van der Waals surface area contributed by atoms with Crippen LogP contribution in [-0.2, 0) is 0 Å². The minimum Gasteiger partial charge on any atom is -0.454 e. The van der Waals surface area contributed by atoms with Crippen molar-refractivity contribution in [3.05, 3.63) is 99.9 Å². The van der Waals surface area contributed by atoms with E-state index in [0.717, 1.165) is 38.6 Å². The first-order valence-electron chi connectivity index (χ1n) is 9.94. The molecule has 0 atom stereocenters. The van der Waals surface area contributed by atoms with Crippen LogP contribution >= 0.6 is 11.3 Å². The van der Waals surface area contributed by atoms with E-state index in [0.29, 0.717) is 0 Å². The van der Waals surface area contributed by atoms with Gasteiger partial charge in [-0.3, -0.25) is 4.98 Å². The summed E-state index contributed by atoms with van der Waals surface area (Å²) in [6.45, 7) is 4.19. The quantitative estimate of drug-likeness (QED) is 0.328. The number of para-hydroxylation sites is 1. The van der Waals surface area contributed by atoms with Crippen LogP contribution < -0.4 is 4.80 Å². The van der Waals surface area contributed by atoms with Crippen molar-refractivity contribution in [1.82, 2.24) is 9.66 Å². The van der Waals surface area contributed by atoms with Crippen molar-refractivity contribution >= 4 is 34.2 Å². The standard InChI is InChI=1S/C25H20N4OS/c1-17-10-11-20(13-18(17)2)28-25-29(27-15-21-8-5-6-12-26-21)22(16-31-25)24-14-19-7-3-4-9-23(19)30-24/h3-16H,1-2H3. The van der Waals surface area contributed by atoms with Gasteiger partial charge in [0.2, 0.25) is 4.80 Å². The van der Waals surface area contributed by atoms with Crippen LogP contribution in [0.5, 0.6) is 0 Å². The number of rotatable bonds is 4. The van der Waals surface area contributed by atoms with Gasteiger partial charge in [-0.1, -0.05) is 30.3 Å². The van der Waals surface area contributed by atoms with Crippen LogP contribution in [0.4, 0.5) is 5.69 Å². The highest BCUT2D eigenvalue weighted by atomic mass is 32.1. The minimum atomic E-state index is 0.747. The zero-order valence-electron chi connectivity index (χ0n) is 17.2. The third-order valence-corrected chi connectivity index (χ3v) is 5.89. The molecule has 31 heavy (non-hydrogen) atoms. The highest BCUT2D eigenvalue weighted by Crippen LogP contribution is 2.28. The minimum absolute atomic E-state index is 0.747. The molecule has 6 heteroatoms. The van der Waals surface area contributed by atoms with Crippen molar-refractivity contribution in [3.63, 3.8) is 0 Å². The Kier molecular flexibility index (Phi) is 5.06. The number of fused-ring (bicyclic) bond motifs is 1. The number of hydrogen-bond acceptors (Lipinski definition) is 5. The maximum Gasteiger partial charge on any atom is 0.211 e. The van der Waals surface area contributed by atoms with E-state index in [1.807, 2.05) is 64.7 Å². The molecule has 0 bridgehead atoms. The fourth-order valence-electron chi connectivity index (χ4n) is 3.24. The maximum absolute atomic E-state index is 6.10. The number of hydrogen-bond donors (Lipinski definition) is 0. The molecular formula is C25H20N4OS. The highest BCUT2D eigenvalue weighted by molar-refractivity contribution is 7.07. The zero-order chi connectivity index (χ0) is 21.2. The number of thiazole rings is 1. The molecule has 5 aromatic rings. The molecule has 0 spiro atoms. The highest BCUT2D eigenvalue weighted by Gasteiger charge is 2.13. The predicted molar refractivity (Wildman–Crippen MR) is 126 cm³/mol. The van der Waals surface area contributed by atoms with Crippen molar-refractivity contribution in [1.29, 1.82) is 0 Å². The lowest BCUT2D eigenvalue weighted by atomic mass is 10.1. The van der Waals surface area contributed by atoms with Gasteiger partial charge in [-0.05, 0) is 61.4 Å². The van der Waals surface area contributed by atoms with Gasteiger partial charge in [-0.2, -0.15) is 5.10 Å². The van der Waals surface area contributed by atoms with Gasteiger partial charge in [0, 0.05) is 17.0 Å². The molecule has 0 amide bonds. The zero-order valence-corrected chi connectivity index (χ0v) is 18.0. The number of nitrogens with zero attached hydrogens (tertiary/aromatic N) is 4. The molecule has 0 aliphatic rings. The van der Waals surface area contributed by atoms with Crippen molar-refractivity contribution in [2.75, 3.05) is 0 Å². The second kappa shape index (κ2) is 8.16. The third kappa shape index (κ3) is 3.98. The topological polar surface area (TPSA) is 55.7 Å². The summed E-state index contributed by atoms with van der Waals surface area (Å²) in [4.78, 5) is 9.95. The normalized spacial score (nSPS) is 12.3. The van der Waals surface area contributed by atoms with E-state index in [2.05, 4.69) is 31.0 Å². The summed E-state index contributed by atoms with van der Waals surface area (Å²) in [6.07, 6.45) is 3.48. The van der Waals surface area contributed by atoms with Gasteiger partial charge in [0.05, 0.1) is 17.6 Å². The van der Waals surface area contributed by atoms with E-state index in [1.165, 1.54) is 22.5 Å². The van der Waals surface area contributed by atoms with E-state index >= 15 is 0 Å². The lowest BCUT2D eigenvalue weighted by Gasteiger charge is -2.02. The summed E-state index contributed by atoms with van der Waals surface area (Å²) in [7, 11) is 0. The molecule has 2 aromatic carbocycles. The van der Waals surface area contributed by atoms with Crippen molar-refractivity contribution < 1.29 is 4.42 Å². The maximum atomic E-state index is 6.10. The predicted octanol–water partition coefficient (Wildman–Crippen LogP) is 6.09.